The van der Waals surface area contributed by atoms with E-state index >= 15 is 0 Å². The number of hydrogen-bond acceptors (Lipinski definition) is 6. The molecule has 2 aromatic carbocycles. The first-order chi connectivity index (χ1) is 11.9. The van der Waals surface area contributed by atoms with Gasteiger partial charge < -0.3 is 10.4 Å². The van der Waals surface area contributed by atoms with Crippen molar-refractivity contribution in [3.8, 4) is 5.75 Å². The summed E-state index contributed by atoms with van der Waals surface area (Å²) in [7, 11) is 0. The van der Waals surface area contributed by atoms with E-state index in [0.29, 0.717) is 0 Å². The van der Waals surface area contributed by atoms with Crippen molar-refractivity contribution < 1.29 is 19.6 Å². The first-order valence-electron chi connectivity index (χ1n) is 6.73. The second-order valence-electron chi connectivity index (χ2n) is 4.62. The number of nitro benzene ring substituents is 1. The summed E-state index contributed by atoms with van der Waals surface area (Å²) < 4.78 is 0. The van der Waals surface area contributed by atoms with Crippen LogP contribution in [0.15, 0.2) is 47.6 Å². The molecule has 0 aliphatic heterocycles. The molecule has 2 amide bonds. The number of hydrogen-bond donors (Lipinski definition) is 2. The highest BCUT2D eigenvalue weighted by Crippen LogP contribution is 2.23. The summed E-state index contributed by atoms with van der Waals surface area (Å²) in [4.78, 5) is 33.2. The van der Waals surface area contributed by atoms with Crippen LogP contribution in [0.1, 0.15) is 5.56 Å². The summed E-state index contributed by atoms with van der Waals surface area (Å²) in [5, 5.41) is 28.0. The number of para-hydroxylation sites is 1. The van der Waals surface area contributed by atoms with Crippen molar-refractivity contribution in [2.45, 2.75) is 0 Å². The third-order valence-electron chi connectivity index (χ3n) is 2.89. The predicted molar refractivity (Wildman–Crippen MR) is 88.4 cm³/mol. The van der Waals surface area contributed by atoms with Gasteiger partial charge in [-0.05, 0) is 17.9 Å². The van der Waals surface area contributed by atoms with E-state index in [1.165, 1.54) is 12.1 Å². The number of rotatable bonds is 4. The SMILES string of the molecule is O=C(N/N=C\c1ccc([O-])c([N+](=O)[O-])c1)C(=O)Nc1ccccc1Cl. The van der Waals surface area contributed by atoms with Crippen molar-refractivity contribution in [3.63, 3.8) is 0 Å². The quantitative estimate of drug-likeness (QED) is 0.367. The molecule has 0 radical (unpaired) electrons. The van der Waals surface area contributed by atoms with Crippen molar-refractivity contribution >= 4 is 41.0 Å². The lowest BCUT2D eigenvalue weighted by atomic mass is 10.2. The summed E-state index contributed by atoms with van der Waals surface area (Å²) in [6.07, 6.45) is 1.06. The number of carbonyl (C=O) groups is 2. The number of nitrogens with one attached hydrogen (secondary N) is 2. The predicted octanol–water partition coefficient (Wildman–Crippen LogP) is 1.41. The van der Waals surface area contributed by atoms with E-state index in [9.17, 15) is 24.8 Å². The van der Waals surface area contributed by atoms with Crippen LogP contribution in [0.4, 0.5) is 11.4 Å². The number of anilines is 1. The highest BCUT2D eigenvalue weighted by molar-refractivity contribution is 6.41. The first-order valence-corrected chi connectivity index (χ1v) is 7.10. The molecule has 0 aliphatic carbocycles. The fourth-order valence-corrected chi connectivity index (χ4v) is 1.90. The molecule has 0 fully saturated rings. The summed E-state index contributed by atoms with van der Waals surface area (Å²) in [5.41, 5.74) is 1.81. The molecule has 0 heterocycles. The minimum Gasteiger partial charge on any atom is -0.868 e. The maximum absolute atomic E-state index is 11.7. The van der Waals surface area contributed by atoms with Crippen LogP contribution in [0.2, 0.25) is 5.02 Å². The zero-order valence-electron chi connectivity index (χ0n) is 12.4. The lowest BCUT2D eigenvalue weighted by Gasteiger charge is -2.06. The van der Waals surface area contributed by atoms with E-state index in [1.807, 2.05) is 5.43 Å². The smallest absolute Gasteiger partial charge is 0.329 e. The van der Waals surface area contributed by atoms with Crippen LogP contribution in [-0.4, -0.2) is 23.0 Å². The minimum absolute atomic E-state index is 0.207. The summed E-state index contributed by atoms with van der Waals surface area (Å²) in [6.45, 7) is 0. The summed E-state index contributed by atoms with van der Waals surface area (Å²) in [6, 6.07) is 9.64. The van der Waals surface area contributed by atoms with Gasteiger partial charge in [0.25, 0.3) is 5.69 Å². The van der Waals surface area contributed by atoms with Crippen LogP contribution in [0.5, 0.6) is 5.75 Å². The second kappa shape index (κ2) is 7.88. The molecular weight excluding hydrogens is 352 g/mol. The number of nitrogens with zero attached hydrogens (tertiary/aromatic N) is 2. The standard InChI is InChI=1S/C15H11ClN4O5/c16-10-3-1-2-4-11(10)18-14(22)15(23)19-17-8-9-5-6-13(21)12(7-9)20(24)25/h1-8,21H,(H,18,22)(H,19,23)/p-1/b17-8-. The third kappa shape index (κ3) is 4.75. The van der Waals surface area contributed by atoms with Gasteiger partial charge in [-0.1, -0.05) is 35.9 Å². The maximum atomic E-state index is 11.7. The van der Waals surface area contributed by atoms with E-state index in [4.69, 9.17) is 11.6 Å². The third-order valence-corrected chi connectivity index (χ3v) is 3.22. The number of benzene rings is 2. The van der Waals surface area contributed by atoms with Gasteiger partial charge in [0, 0.05) is 11.6 Å². The van der Waals surface area contributed by atoms with Crippen LogP contribution in [-0.2, 0) is 9.59 Å². The van der Waals surface area contributed by atoms with Crippen LogP contribution >= 0.6 is 11.6 Å². The normalized spacial score (nSPS) is 10.4. The average Bonchev–Trinajstić information content (AvgIpc) is 2.58. The van der Waals surface area contributed by atoms with Gasteiger partial charge in [0.15, 0.2) is 0 Å². The van der Waals surface area contributed by atoms with Crippen molar-refractivity contribution in [1.29, 1.82) is 0 Å². The molecule has 9 nitrogen and oxygen atoms in total. The van der Waals surface area contributed by atoms with Crippen LogP contribution in [0.3, 0.4) is 0 Å². The van der Waals surface area contributed by atoms with Gasteiger partial charge in [-0.2, -0.15) is 5.10 Å². The highest BCUT2D eigenvalue weighted by atomic mass is 35.5. The molecule has 25 heavy (non-hydrogen) atoms. The Bertz CT molecular complexity index is 869. The van der Waals surface area contributed by atoms with Crippen LogP contribution in [0, 0.1) is 10.1 Å². The number of carbonyl (C=O) groups excluding carboxylic acids is 2. The van der Waals surface area contributed by atoms with Gasteiger partial charge in [-0.15, -0.1) is 0 Å². The van der Waals surface area contributed by atoms with E-state index in [0.717, 1.165) is 18.3 Å². The number of halogens is 1. The number of hydrazone groups is 1. The Hall–Kier alpha value is -3.46. The molecule has 10 heteroatoms. The lowest BCUT2D eigenvalue weighted by molar-refractivity contribution is -0.398. The molecule has 128 valence electrons. The first kappa shape index (κ1) is 17.9. The summed E-state index contributed by atoms with van der Waals surface area (Å²) in [5.74, 6) is -2.80. The Morgan fingerprint density at radius 1 is 1.16 bits per heavy atom. The van der Waals surface area contributed by atoms with E-state index in [-0.39, 0.29) is 16.3 Å². The molecule has 0 aliphatic rings. The van der Waals surface area contributed by atoms with Gasteiger partial charge in [-0.25, -0.2) is 5.43 Å². The molecule has 0 atom stereocenters. The van der Waals surface area contributed by atoms with Crippen molar-refractivity contribution in [3.05, 3.63) is 63.2 Å². The lowest BCUT2D eigenvalue weighted by Crippen LogP contribution is -2.32. The van der Waals surface area contributed by atoms with E-state index in [1.54, 1.807) is 18.2 Å². The minimum atomic E-state index is -1.06. The molecule has 0 unspecified atom stereocenters. The fourth-order valence-electron chi connectivity index (χ4n) is 1.72. The van der Waals surface area contributed by atoms with E-state index in [2.05, 4.69) is 10.4 Å². The molecule has 0 saturated heterocycles. The zero-order valence-corrected chi connectivity index (χ0v) is 13.2. The van der Waals surface area contributed by atoms with Crippen molar-refractivity contribution in [1.82, 2.24) is 5.43 Å². The van der Waals surface area contributed by atoms with Gasteiger partial charge in [0.1, 0.15) is 0 Å². The van der Waals surface area contributed by atoms with Crippen molar-refractivity contribution in [2.24, 2.45) is 5.10 Å². The van der Waals surface area contributed by atoms with Gasteiger partial charge in [0.2, 0.25) is 0 Å². The molecule has 2 N–H and O–H groups in total. The molecule has 0 bridgehead atoms. The molecule has 0 spiro atoms. The fraction of sp³-hybridized carbons (Fsp3) is 0. The number of amides is 2. The largest absolute Gasteiger partial charge is 0.868 e. The van der Waals surface area contributed by atoms with Crippen LogP contribution < -0.4 is 15.8 Å². The van der Waals surface area contributed by atoms with Gasteiger partial charge in [0.05, 0.1) is 21.8 Å². The molecule has 2 aromatic rings. The average molecular weight is 362 g/mol. The van der Waals surface area contributed by atoms with Crippen molar-refractivity contribution in [2.75, 3.05) is 5.32 Å². The zero-order chi connectivity index (χ0) is 18.4. The Labute approximate surface area is 146 Å². The van der Waals surface area contributed by atoms with Gasteiger partial charge in [-0.3, -0.25) is 19.7 Å². The Morgan fingerprint density at radius 3 is 2.56 bits per heavy atom. The Morgan fingerprint density at radius 2 is 1.88 bits per heavy atom. The number of nitro groups is 1. The van der Waals surface area contributed by atoms with Crippen LogP contribution in [0.25, 0.3) is 0 Å². The molecular formula is C15H10ClN4O5-. The second-order valence-corrected chi connectivity index (χ2v) is 5.02. The summed E-state index contributed by atoms with van der Waals surface area (Å²) >= 11 is 5.85. The molecule has 0 aromatic heterocycles. The Kier molecular flexibility index (Phi) is 5.64. The highest BCUT2D eigenvalue weighted by Gasteiger charge is 2.14. The van der Waals surface area contributed by atoms with Gasteiger partial charge >= 0.3 is 11.8 Å². The van der Waals surface area contributed by atoms with E-state index < -0.39 is 28.2 Å². The molecule has 0 saturated carbocycles. The monoisotopic (exact) mass is 361 g/mol. The topological polar surface area (TPSA) is 137 Å². The maximum Gasteiger partial charge on any atom is 0.329 e. The molecule has 2 rings (SSSR count). The Balaban J connectivity index is 1.98.